The molecule has 0 radical (unpaired) electrons. The molecule has 1 aliphatic heterocycles. The van der Waals surface area contributed by atoms with Gasteiger partial charge in [-0.25, -0.2) is 0 Å². The molecule has 0 fully saturated rings. The van der Waals surface area contributed by atoms with E-state index in [4.69, 9.17) is 23.9 Å². The van der Waals surface area contributed by atoms with E-state index < -0.39 is 6.23 Å². The Bertz CT molecular complexity index is 1260. The molecule has 1 aromatic heterocycles. The van der Waals surface area contributed by atoms with Crippen LogP contribution in [-0.2, 0) is 4.79 Å². The smallest absolute Gasteiger partial charge is 0.247 e. The lowest BCUT2D eigenvalue weighted by Gasteiger charge is -2.31. The quantitative estimate of drug-likeness (QED) is 0.245. The second-order valence-electron chi connectivity index (χ2n) is 8.48. The fourth-order valence-electron chi connectivity index (χ4n) is 4.25. The third kappa shape index (κ3) is 5.58. The summed E-state index contributed by atoms with van der Waals surface area (Å²) in [4.78, 5) is 19.4. The summed E-state index contributed by atoms with van der Waals surface area (Å²) in [6.45, 7) is 3.68. The van der Waals surface area contributed by atoms with Gasteiger partial charge in [0.1, 0.15) is 5.75 Å². The molecule has 3 aromatic rings. The first-order valence-corrected chi connectivity index (χ1v) is 13.2. The monoisotopic (exact) mass is 524 g/mol. The Balaban J connectivity index is 1.83. The number of fused-ring (bicyclic) bond motifs is 3. The van der Waals surface area contributed by atoms with Crippen molar-refractivity contribution in [3.05, 3.63) is 42.0 Å². The summed E-state index contributed by atoms with van der Waals surface area (Å²) in [5.41, 5.74) is 2.38. The van der Waals surface area contributed by atoms with Gasteiger partial charge in [0.05, 0.1) is 32.6 Å². The highest BCUT2D eigenvalue weighted by Crippen LogP contribution is 2.47. The third-order valence-corrected chi connectivity index (χ3v) is 7.01. The zero-order valence-corrected chi connectivity index (χ0v) is 22.6. The van der Waals surface area contributed by atoms with E-state index >= 15 is 0 Å². The average molecular weight is 525 g/mol. The van der Waals surface area contributed by atoms with Crippen molar-refractivity contribution in [1.82, 2.24) is 15.2 Å². The summed E-state index contributed by atoms with van der Waals surface area (Å²) in [7, 11) is 4.66. The Hall–Kier alpha value is -3.53. The first-order chi connectivity index (χ1) is 18.0. The molecule has 0 aliphatic carbocycles. The molecule has 10 heteroatoms. The summed E-state index contributed by atoms with van der Waals surface area (Å²) in [6, 6.07) is 11.0. The molecule has 1 unspecified atom stereocenters. The maximum Gasteiger partial charge on any atom is 0.247 e. The van der Waals surface area contributed by atoms with Crippen molar-refractivity contribution in [2.75, 3.05) is 32.0 Å². The maximum atomic E-state index is 13.1. The van der Waals surface area contributed by atoms with Gasteiger partial charge in [0.2, 0.25) is 23.2 Å². The van der Waals surface area contributed by atoms with Gasteiger partial charge >= 0.3 is 0 Å². The highest BCUT2D eigenvalue weighted by molar-refractivity contribution is 7.99. The van der Waals surface area contributed by atoms with Gasteiger partial charge in [-0.2, -0.15) is 4.98 Å². The van der Waals surface area contributed by atoms with Crippen LogP contribution in [0.3, 0.4) is 0 Å². The molecule has 1 aliphatic rings. The largest absolute Gasteiger partial charge is 0.496 e. The fourth-order valence-corrected chi connectivity index (χ4v) is 5.03. The zero-order chi connectivity index (χ0) is 26.4. The minimum atomic E-state index is -0.909. The van der Waals surface area contributed by atoms with Crippen molar-refractivity contribution in [3.8, 4) is 34.4 Å². The highest BCUT2D eigenvalue weighted by Gasteiger charge is 2.36. The minimum absolute atomic E-state index is 0.222. The van der Waals surface area contributed by atoms with Gasteiger partial charge in [0, 0.05) is 24.3 Å². The maximum absolute atomic E-state index is 13.1. The van der Waals surface area contributed by atoms with E-state index in [0.29, 0.717) is 50.8 Å². The number of unbranched alkanes of at least 4 members (excludes halogenated alkanes) is 3. The van der Waals surface area contributed by atoms with Gasteiger partial charge in [-0.15, -0.1) is 10.2 Å². The number of anilines is 1. The van der Waals surface area contributed by atoms with Crippen LogP contribution in [0.2, 0.25) is 0 Å². The third-order valence-electron chi connectivity index (χ3n) is 6.08. The Morgan fingerprint density at radius 2 is 1.73 bits per heavy atom. The molecule has 37 heavy (non-hydrogen) atoms. The number of aromatic nitrogens is 3. The molecule has 2 aromatic carbocycles. The number of para-hydroxylation sites is 1. The fraction of sp³-hybridized carbons (Fsp3) is 0.407. The van der Waals surface area contributed by atoms with Crippen LogP contribution >= 0.6 is 11.8 Å². The van der Waals surface area contributed by atoms with Crippen molar-refractivity contribution in [3.63, 3.8) is 0 Å². The molecular weight excluding hydrogens is 492 g/mol. The Morgan fingerprint density at radius 3 is 2.43 bits per heavy atom. The summed E-state index contributed by atoms with van der Waals surface area (Å²) in [6.07, 6.45) is 3.73. The lowest BCUT2D eigenvalue weighted by molar-refractivity contribution is -0.118. The SMILES string of the molecule is CCCCCCSc1nnc2c(n1)OC(c1cc(OC)c(OC)cc1OC)N(C(C)=O)c1ccccc1-2. The number of carbonyl (C=O) groups is 1. The molecule has 0 bridgehead atoms. The zero-order valence-electron chi connectivity index (χ0n) is 21.8. The van der Waals surface area contributed by atoms with Crippen LogP contribution in [0, 0.1) is 0 Å². The van der Waals surface area contributed by atoms with Crippen LogP contribution in [0.5, 0.6) is 23.1 Å². The van der Waals surface area contributed by atoms with Gasteiger partial charge in [0.25, 0.3) is 0 Å². The Morgan fingerprint density at radius 1 is 1.00 bits per heavy atom. The molecule has 196 valence electrons. The normalized spacial score (nSPS) is 14.2. The van der Waals surface area contributed by atoms with Crippen LogP contribution in [0.15, 0.2) is 41.6 Å². The van der Waals surface area contributed by atoms with Crippen LogP contribution in [-0.4, -0.2) is 48.2 Å². The number of thioether (sulfide) groups is 1. The number of hydrogen-bond acceptors (Lipinski definition) is 9. The molecule has 4 rings (SSSR count). The number of rotatable bonds is 10. The van der Waals surface area contributed by atoms with Crippen molar-refractivity contribution in [2.45, 2.75) is 50.9 Å². The molecule has 0 N–H and O–H groups in total. The standard InChI is InChI=1S/C27H32N4O5S/c1-6-7-8-11-14-37-27-28-25-24(29-30-27)18-12-9-10-13-20(18)31(17(2)32)26(36-25)19-15-22(34-4)23(35-5)16-21(19)33-3/h9-10,12-13,15-16,26H,6-8,11,14H2,1-5H3. The number of benzene rings is 2. The Labute approximate surface area is 221 Å². The predicted octanol–water partition coefficient (Wildman–Crippen LogP) is 5.68. The van der Waals surface area contributed by atoms with Crippen LogP contribution < -0.4 is 23.8 Å². The summed E-state index contributed by atoms with van der Waals surface area (Å²) >= 11 is 1.55. The minimum Gasteiger partial charge on any atom is -0.496 e. The van der Waals surface area contributed by atoms with E-state index in [1.807, 2.05) is 24.3 Å². The number of nitrogens with zero attached hydrogens (tertiary/aromatic N) is 4. The molecule has 1 atom stereocenters. The van der Waals surface area contributed by atoms with Gasteiger partial charge in [-0.3, -0.25) is 9.69 Å². The first kappa shape index (κ1) is 26.5. The van der Waals surface area contributed by atoms with E-state index in [1.165, 1.54) is 26.2 Å². The van der Waals surface area contributed by atoms with E-state index in [2.05, 4.69) is 17.1 Å². The van der Waals surface area contributed by atoms with Gasteiger partial charge < -0.3 is 18.9 Å². The lowest BCUT2D eigenvalue weighted by atomic mass is 10.1. The number of methoxy groups -OCH3 is 3. The number of carbonyl (C=O) groups excluding carboxylic acids is 1. The van der Waals surface area contributed by atoms with Crippen LogP contribution in [0.25, 0.3) is 11.3 Å². The van der Waals surface area contributed by atoms with E-state index in [-0.39, 0.29) is 5.91 Å². The van der Waals surface area contributed by atoms with Gasteiger partial charge in [-0.1, -0.05) is 56.1 Å². The number of amides is 1. The summed E-state index contributed by atoms with van der Waals surface area (Å²) in [5, 5.41) is 9.38. The highest BCUT2D eigenvalue weighted by atomic mass is 32.2. The van der Waals surface area contributed by atoms with Crippen LogP contribution in [0.4, 0.5) is 5.69 Å². The lowest BCUT2D eigenvalue weighted by Crippen LogP contribution is -2.36. The molecule has 0 spiro atoms. The van der Waals surface area contributed by atoms with Gasteiger partial charge in [0.15, 0.2) is 17.2 Å². The molecule has 1 amide bonds. The number of ether oxygens (including phenoxy) is 4. The Kier molecular flexibility index (Phi) is 8.70. The number of hydrogen-bond donors (Lipinski definition) is 0. The second kappa shape index (κ2) is 12.1. The predicted molar refractivity (Wildman–Crippen MR) is 143 cm³/mol. The molecular formula is C27H32N4O5S. The van der Waals surface area contributed by atoms with E-state index in [0.717, 1.165) is 12.2 Å². The second-order valence-corrected chi connectivity index (χ2v) is 9.54. The topological polar surface area (TPSA) is 95.9 Å². The average Bonchev–Trinajstić information content (AvgIpc) is 3.06. The van der Waals surface area contributed by atoms with E-state index in [1.54, 1.807) is 50.1 Å². The van der Waals surface area contributed by atoms with E-state index in [9.17, 15) is 4.79 Å². The molecule has 0 saturated carbocycles. The van der Waals surface area contributed by atoms with Crippen molar-refractivity contribution in [1.29, 1.82) is 0 Å². The van der Waals surface area contributed by atoms with Crippen molar-refractivity contribution < 1.29 is 23.7 Å². The summed E-state index contributed by atoms with van der Waals surface area (Å²) in [5.74, 6) is 2.42. The van der Waals surface area contributed by atoms with Crippen LogP contribution in [0.1, 0.15) is 51.3 Å². The molecule has 9 nitrogen and oxygen atoms in total. The molecule has 2 heterocycles. The van der Waals surface area contributed by atoms with Crippen molar-refractivity contribution in [2.24, 2.45) is 0 Å². The van der Waals surface area contributed by atoms with Crippen molar-refractivity contribution >= 4 is 23.4 Å². The first-order valence-electron chi connectivity index (χ1n) is 12.3. The van der Waals surface area contributed by atoms with Gasteiger partial charge in [-0.05, 0) is 18.6 Å². The summed E-state index contributed by atoms with van der Waals surface area (Å²) < 4.78 is 23.2. The molecule has 0 saturated heterocycles.